The molecule has 2 heterocycles. The molecule has 0 aromatic carbocycles. The Bertz CT molecular complexity index is 690. The molecule has 18 heavy (non-hydrogen) atoms. The fourth-order valence-corrected chi connectivity index (χ4v) is 2.64. The van der Waals surface area contributed by atoms with E-state index in [0.717, 1.165) is 30.4 Å². The van der Waals surface area contributed by atoms with Crippen LogP contribution in [0.2, 0.25) is 0 Å². The molecule has 0 unspecified atom stereocenters. The number of aromatic nitrogens is 3. The van der Waals surface area contributed by atoms with Gasteiger partial charge in [-0.05, 0) is 12.8 Å². The van der Waals surface area contributed by atoms with Crippen molar-refractivity contribution < 1.29 is 4.52 Å². The summed E-state index contributed by atoms with van der Waals surface area (Å²) in [6.45, 7) is 0. The summed E-state index contributed by atoms with van der Waals surface area (Å²) < 4.78 is 5.85. The molecule has 0 spiro atoms. The number of hydrogen-bond acceptors (Lipinski definition) is 5. The molecule has 0 bridgehead atoms. The van der Waals surface area contributed by atoms with Crippen LogP contribution in [0.5, 0.6) is 0 Å². The minimum atomic E-state index is -0.696. The third-order valence-electron chi connectivity index (χ3n) is 3.58. The largest absolute Gasteiger partial charge is 0.349 e. The lowest BCUT2D eigenvalue weighted by molar-refractivity contribution is 0.389. The van der Waals surface area contributed by atoms with Gasteiger partial charge in [-0.15, -0.1) is 0 Å². The minimum Gasteiger partial charge on any atom is -0.335 e. The van der Waals surface area contributed by atoms with Gasteiger partial charge in [0.25, 0.3) is 11.3 Å². The lowest BCUT2D eigenvalue weighted by Crippen LogP contribution is -2.34. The van der Waals surface area contributed by atoms with Gasteiger partial charge in [0, 0.05) is 5.92 Å². The number of hydrogen-bond donors (Lipinski definition) is 2. The molecule has 1 aliphatic rings. The molecule has 3 rings (SSSR count). The van der Waals surface area contributed by atoms with Crippen LogP contribution in [0.25, 0.3) is 11.1 Å². The van der Waals surface area contributed by atoms with Crippen molar-refractivity contribution in [3.05, 3.63) is 26.5 Å². The van der Waals surface area contributed by atoms with Gasteiger partial charge in [0.15, 0.2) is 0 Å². The van der Waals surface area contributed by atoms with Gasteiger partial charge in [-0.25, -0.2) is 4.79 Å². The SMILES string of the molecule is Nn1c(=O)[nH]c(=O)c2c(C3CCCCC3)noc21. The summed E-state index contributed by atoms with van der Waals surface area (Å²) in [4.78, 5) is 25.4. The molecule has 1 saturated carbocycles. The molecular weight excluding hydrogens is 236 g/mol. The summed E-state index contributed by atoms with van der Waals surface area (Å²) in [6.07, 6.45) is 5.44. The van der Waals surface area contributed by atoms with Gasteiger partial charge in [0.2, 0.25) is 0 Å². The van der Waals surface area contributed by atoms with Crippen molar-refractivity contribution in [3.63, 3.8) is 0 Å². The van der Waals surface area contributed by atoms with Crippen LogP contribution in [-0.2, 0) is 0 Å². The maximum atomic E-state index is 11.9. The maximum Gasteiger partial charge on any atom is 0.349 e. The van der Waals surface area contributed by atoms with Crippen LogP contribution in [-0.4, -0.2) is 14.8 Å². The molecule has 96 valence electrons. The molecule has 2 aromatic rings. The molecule has 0 aliphatic heterocycles. The Kier molecular flexibility index (Phi) is 2.46. The summed E-state index contributed by atoms with van der Waals surface area (Å²) in [5, 5.41) is 4.26. The molecule has 7 heteroatoms. The van der Waals surface area contributed by atoms with Crippen molar-refractivity contribution in [1.29, 1.82) is 0 Å². The number of nitrogens with two attached hydrogens (primary N) is 1. The molecule has 0 saturated heterocycles. The van der Waals surface area contributed by atoms with E-state index in [2.05, 4.69) is 10.1 Å². The van der Waals surface area contributed by atoms with E-state index >= 15 is 0 Å². The molecule has 1 fully saturated rings. The summed E-state index contributed by atoms with van der Waals surface area (Å²) in [6, 6.07) is 0. The Hall–Kier alpha value is -2.05. The number of H-pyrrole nitrogens is 1. The molecular formula is C11H14N4O3. The summed E-state index contributed by atoms with van der Waals surface area (Å²) in [7, 11) is 0. The molecule has 0 amide bonds. The Labute approximate surface area is 102 Å². The minimum absolute atomic E-state index is 0.0457. The van der Waals surface area contributed by atoms with Crippen molar-refractivity contribution in [3.8, 4) is 0 Å². The smallest absolute Gasteiger partial charge is 0.335 e. The Morgan fingerprint density at radius 3 is 2.72 bits per heavy atom. The predicted octanol–water partition coefficient (Wildman–Crippen LogP) is 0.439. The highest BCUT2D eigenvalue weighted by Crippen LogP contribution is 2.34. The molecule has 7 nitrogen and oxygen atoms in total. The lowest BCUT2D eigenvalue weighted by atomic mass is 9.86. The number of fused-ring (bicyclic) bond motifs is 1. The van der Waals surface area contributed by atoms with Gasteiger partial charge in [0.05, 0.1) is 0 Å². The maximum absolute atomic E-state index is 11.9. The third-order valence-corrected chi connectivity index (χ3v) is 3.58. The average Bonchev–Trinajstić information content (AvgIpc) is 2.82. The third kappa shape index (κ3) is 1.54. The number of nitrogen functional groups attached to an aromatic ring is 1. The van der Waals surface area contributed by atoms with Crippen LogP contribution in [0.4, 0.5) is 0 Å². The van der Waals surface area contributed by atoms with Gasteiger partial charge in [-0.2, -0.15) is 4.68 Å². The number of rotatable bonds is 1. The fraction of sp³-hybridized carbons (Fsp3) is 0.545. The Balaban J connectivity index is 2.22. The van der Waals surface area contributed by atoms with Crippen LogP contribution >= 0.6 is 0 Å². The van der Waals surface area contributed by atoms with Gasteiger partial charge >= 0.3 is 5.69 Å². The molecule has 3 N–H and O–H groups in total. The van der Waals surface area contributed by atoms with Crippen LogP contribution < -0.4 is 17.1 Å². The normalized spacial score (nSPS) is 17.3. The molecule has 0 atom stereocenters. The van der Waals surface area contributed by atoms with E-state index in [9.17, 15) is 9.59 Å². The summed E-state index contributed by atoms with van der Waals surface area (Å²) in [5.74, 6) is 5.75. The molecule has 0 radical (unpaired) electrons. The zero-order valence-electron chi connectivity index (χ0n) is 9.81. The van der Waals surface area contributed by atoms with Crippen molar-refractivity contribution in [2.24, 2.45) is 0 Å². The highest BCUT2D eigenvalue weighted by molar-refractivity contribution is 5.75. The van der Waals surface area contributed by atoms with Crippen LogP contribution in [0.1, 0.15) is 43.7 Å². The van der Waals surface area contributed by atoms with Crippen molar-refractivity contribution >= 4 is 11.1 Å². The van der Waals surface area contributed by atoms with E-state index in [-0.39, 0.29) is 11.6 Å². The lowest BCUT2D eigenvalue weighted by Gasteiger charge is -2.18. The second-order valence-corrected chi connectivity index (χ2v) is 4.71. The van der Waals surface area contributed by atoms with Crippen LogP contribution in [0.15, 0.2) is 14.1 Å². The summed E-state index contributed by atoms with van der Waals surface area (Å²) >= 11 is 0. The Morgan fingerprint density at radius 2 is 2.00 bits per heavy atom. The Morgan fingerprint density at radius 1 is 1.28 bits per heavy atom. The van der Waals surface area contributed by atoms with Crippen molar-refractivity contribution in [2.45, 2.75) is 38.0 Å². The second-order valence-electron chi connectivity index (χ2n) is 4.71. The highest BCUT2D eigenvalue weighted by atomic mass is 16.5. The first-order valence-corrected chi connectivity index (χ1v) is 6.08. The van der Waals surface area contributed by atoms with E-state index in [1.165, 1.54) is 6.42 Å². The molecule has 1 aliphatic carbocycles. The van der Waals surface area contributed by atoms with Gasteiger partial charge in [-0.1, -0.05) is 24.4 Å². The van der Waals surface area contributed by atoms with Crippen LogP contribution in [0, 0.1) is 0 Å². The highest BCUT2D eigenvalue weighted by Gasteiger charge is 2.25. The zero-order chi connectivity index (χ0) is 12.7. The fourth-order valence-electron chi connectivity index (χ4n) is 2.64. The van der Waals surface area contributed by atoms with Crippen LogP contribution in [0.3, 0.4) is 0 Å². The van der Waals surface area contributed by atoms with Gasteiger partial charge in [0.1, 0.15) is 11.1 Å². The van der Waals surface area contributed by atoms with E-state index in [1.807, 2.05) is 0 Å². The standard InChI is InChI=1S/C11H14N4O3/c12-15-10-7(9(16)13-11(15)17)8(14-18-10)6-4-2-1-3-5-6/h6H,1-5,12H2,(H,13,16,17). The average molecular weight is 250 g/mol. The first-order valence-electron chi connectivity index (χ1n) is 6.08. The van der Waals surface area contributed by atoms with E-state index in [1.54, 1.807) is 0 Å². The summed E-state index contributed by atoms with van der Waals surface area (Å²) in [5.41, 5.74) is -0.494. The van der Waals surface area contributed by atoms with Gasteiger partial charge in [-0.3, -0.25) is 9.78 Å². The monoisotopic (exact) mass is 250 g/mol. The number of aromatic amines is 1. The molecule has 2 aromatic heterocycles. The topological polar surface area (TPSA) is 107 Å². The van der Waals surface area contributed by atoms with E-state index in [0.29, 0.717) is 11.1 Å². The number of nitrogens with one attached hydrogen (secondary N) is 1. The van der Waals surface area contributed by atoms with E-state index in [4.69, 9.17) is 10.4 Å². The van der Waals surface area contributed by atoms with Crippen molar-refractivity contribution in [2.75, 3.05) is 5.84 Å². The first kappa shape index (κ1) is 11.1. The first-order chi connectivity index (χ1) is 8.68. The second kappa shape index (κ2) is 4.01. The van der Waals surface area contributed by atoms with E-state index < -0.39 is 11.2 Å². The van der Waals surface area contributed by atoms with Gasteiger partial charge < -0.3 is 10.4 Å². The predicted molar refractivity (Wildman–Crippen MR) is 64.9 cm³/mol. The van der Waals surface area contributed by atoms with Crippen molar-refractivity contribution in [1.82, 2.24) is 14.8 Å². The number of nitrogens with zero attached hydrogens (tertiary/aromatic N) is 2. The zero-order valence-corrected chi connectivity index (χ0v) is 9.81. The quantitative estimate of drug-likeness (QED) is 0.714.